The molecule has 5 heteroatoms. The lowest BCUT2D eigenvalue weighted by Crippen LogP contribution is -2.31. The van der Waals surface area contributed by atoms with Gasteiger partial charge in [0.25, 0.3) is 0 Å². The van der Waals surface area contributed by atoms with Gasteiger partial charge in [-0.05, 0) is 37.0 Å². The molecule has 3 N–H and O–H groups in total. The molecule has 3 nitrogen and oxygen atoms in total. The van der Waals surface area contributed by atoms with Crippen LogP contribution in [0.5, 0.6) is 0 Å². The van der Waals surface area contributed by atoms with E-state index in [1.54, 1.807) is 0 Å². The lowest BCUT2D eigenvalue weighted by molar-refractivity contribution is 0.131. The molecule has 0 bridgehead atoms. The van der Waals surface area contributed by atoms with Crippen LogP contribution in [0.3, 0.4) is 0 Å². The van der Waals surface area contributed by atoms with E-state index in [0.29, 0.717) is 12.5 Å². The summed E-state index contributed by atoms with van der Waals surface area (Å²) in [6.07, 6.45) is 0.523. The van der Waals surface area contributed by atoms with Crippen LogP contribution in [0.1, 0.15) is 24.5 Å². The van der Waals surface area contributed by atoms with E-state index >= 15 is 0 Å². The number of benzene rings is 1. The molecule has 0 amide bonds. The number of halogens is 2. The topological polar surface area (TPSA) is 52.5 Å². The van der Waals surface area contributed by atoms with Crippen LogP contribution >= 0.6 is 0 Å². The normalized spacial score (nSPS) is 18.7. The molecule has 0 aromatic heterocycles. The van der Waals surface area contributed by atoms with Gasteiger partial charge in [-0.2, -0.15) is 0 Å². The molecule has 1 aromatic carbocycles. The number of nitrogens with one attached hydrogen (secondary N) is 1. The molecule has 1 aromatic rings. The average molecular weight is 257 g/mol. The van der Waals surface area contributed by atoms with Crippen molar-refractivity contribution in [1.82, 2.24) is 5.32 Å². The Balaban J connectivity index is 1.82. The SMILES string of the molecule is OC(CNCC(O)C1CC1)c1cc(F)ccc1F. The van der Waals surface area contributed by atoms with Gasteiger partial charge in [-0.15, -0.1) is 0 Å². The largest absolute Gasteiger partial charge is 0.392 e. The van der Waals surface area contributed by atoms with Crippen molar-refractivity contribution in [1.29, 1.82) is 0 Å². The van der Waals surface area contributed by atoms with Gasteiger partial charge in [0.2, 0.25) is 0 Å². The van der Waals surface area contributed by atoms with E-state index in [2.05, 4.69) is 5.32 Å². The van der Waals surface area contributed by atoms with E-state index in [4.69, 9.17) is 0 Å². The highest BCUT2D eigenvalue weighted by Crippen LogP contribution is 2.32. The van der Waals surface area contributed by atoms with Gasteiger partial charge in [0.1, 0.15) is 11.6 Å². The van der Waals surface area contributed by atoms with Crippen molar-refractivity contribution in [2.45, 2.75) is 25.0 Å². The quantitative estimate of drug-likeness (QED) is 0.721. The highest BCUT2D eigenvalue weighted by Gasteiger charge is 2.29. The lowest BCUT2D eigenvalue weighted by Gasteiger charge is -2.15. The monoisotopic (exact) mass is 257 g/mol. The average Bonchev–Trinajstić information content (AvgIpc) is 3.16. The standard InChI is InChI=1S/C13H17F2NO2/c14-9-3-4-11(15)10(5-9)13(18)7-16-6-12(17)8-1-2-8/h3-5,8,12-13,16-18H,1-2,6-7H2. The molecule has 18 heavy (non-hydrogen) atoms. The van der Waals surface area contributed by atoms with Gasteiger partial charge in [0.05, 0.1) is 12.2 Å². The highest BCUT2D eigenvalue weighted by molar-refractivity contribution is 5.21. The first-order valence-electron chi connectivity index (χ1n) is 6.09. The molecule has 1 aliphatic rings. The first-order chi connectivity index (χ1) is 8.58. The molecule has 0 spiro atoms. The summed E-state index contributed by atoms with van der Waals surface area (Å²) in [6.45, 7) is 0.447. The van der Waals surface area contributed by atoms with Crippen LogP contribution in [0.25, 0.3) is 0 Å². The maximum atomic E-state index is 13.3. The van der Waals surface area contributed by atoms with Crippen LogP contribution in [0.2, 0.25) is 0 Å². The van der Waals surface area contributed by atoms with E-state index < -0.39 is 23.8 Å². The fourth-order valence-corrected chi connectivity index (χ4v) is 1.90. The number of hydrogen-bond donors (Lipinski definition) is 3. The molecule has 100 valence electrons. The van der Waals surface area contributed by atoms with E-state index in [1.807, 2.05) is 0 Å². The smallest absolute Gasteiger partial charge is 0.129 e. The molecule has 0 radical (unpaired) electrons. The minimum Gasteiger partial charge on any atom is -0.392 e. The summed E-state index contributed by atoms with van der Waals surface area (Å²) in [4.78, 5) is 0. The summed E-state index contributed by atoms with van der Waals surface area (Å²) in [5.74, 6) is -0.863. The van der Waals surface area contributed by atoms with Gasteiger partial charge in [-0.1, -0.05) is 0 Å². The summed E-state index contributed by atoms with van der Waals surface area (Å²) >= 11 is 0. The van der Waals surface area contributed by atoms with Crippen LogP contribution in [-0.2, 0) is 0 Å². The predicted molar refractivity (Wildman–Crippen MR) is 62.9 cm³/mol. The second kappa shape index (κ2) is 5.73. The van der Waals surface area contributed by atoms with Crippen molar-refractivity contribution >= 4 is 0 Å². The van der Waals surface area contributed by atoms with Crippen LogP contribution < -0.4 is 5.32 Å². The molecule has 0 heterocycles. The van der Waals surface area contributed by atoms with Gasteiger partial charge >= 0.3 is 0 Å². The van der Waals surface area contributed by atoms with E-state index in [9.17, 15) is 19.0 Å². The van der Waals surface area contributed by atoms with E-state index in [0.717, 1.165) is 31.0 Å². The minimum atomic E-state index is -1.12. The molecular formula is C13H17F2NO2. The summed E-state index contributed by atoms with van der Waals surface area (Å²) in [6, 6.07) is 2.99. The van der Waals surface area contributed by atoms with Gasteiger partial charge in [0.15, 0.2) is 0 Å². The molecule has 0 aliphatic heterocycles. The van der Waals surface area contributed by atoms with Crippen molar-refractivity contribution in [2.24, 2.45) is 5.92 Å². The number of rotatable bonds is 6. The van der Waals surface area contributed by atoms with Crippen molar-refractivity contribution < 1.29 is 19.0 Å². The van der Waals surface area contributed by atoms with Crippen LogP contribution in [0.15, 0.2) is 18.2 Å². The molecule has 2 rings (SSSR count). The maximum absolute atomic E-state index is 13.3. The molecule has 1 fully saturated rings. The maximum Gasteiger partial charge on any atom is 0.129 e. The Bertz CT molecular complexity index is 410. The van der Waals surface area contributed by atoms with Crippen molar-refractivity contribution in [3.8, 4) is 0 Å². The zero-order valence-corrected chi connectivity index (χ0v) is 9.94. The third-order valence-electron chi connectivity index (χ3n) is 3.17. The number of hydrogen-bond acceptors (Lipinski definition) is 3. The van der Waals surface area contributed by atoms with Crippen LogP contribution in [0.4, 0.5) is 8.78 Å². The second-order valence-electron chi connectivity index (χ2n) is 4.74. The molecular weight excluding hydrogens is 240 g/mol. The molecule has 0 saturated heterocycles. The Morgan fingerprint density at radius 3 is 2.61 bits per heavy atom. The fourth-order valence-electron chi connectivity index (χ4n) is 1.90. The predicted octanol–water partition coefficient (Wildman–Crippen LogP) is 1.36. The first kappa shape index (κ1) is 13.4. The van der Waals surface area contributed by atoms with E-state index in [-0.39, 0.29) is 12.1 Å². The Morgan fingerprint density at radius 2 is 1.94 bits per heavy atom. The molecule has 2 atom stereocenters. The Morgan fingerprint density at radius 1 is 1.22 bits per heavy atom. The summed E-state index contributed by atoms with van der Waals surface area (Å²) in [5.41, 5.74) is -0.0663. The summed E-state index contributed by atoms with van der Waals surface area (Å²) < 4.78 is 26.3. The van der Waals surface area contributed by atoms with Gasteiger partial charge in [0, 0.05) is 18.7 Å². The Labute approximate surface area is 104 Å². The van der Waals surface area contributed by atoms with Crippen LogP contribution in [-0.4, -0.2) is 29.4 Å². The first-order valence-corrected chi connectivity index (χ1v) is 6.09. The van der Waals surface area contributed by atoms with Crippen molar-refractivity contribution in [2.75, 3.05) is 13.1 Å². The minimum absolute atomic E-state index is 0.0663. The number of aliphatic hydroxyl groups is 2. The lowest BCUT2D eigenvalue weighted by atomic mass is 10.1. The third kappa shape index (κ3) is 3.48. The van der Waals surface area contributed by atoms with Crippen LogP contribution in [0, 0.1) is 17.6 Å². The van der Waals surface area contributed by atoms with Gasteiger partial charge in [-0.25, -0.2) is 8.78 Å². The molecule has 1 aliphatic carbocycles. The third-order valence-corrected chi connectivity index (χ3v) is 3.17. The molecule has 2 unspecified atom stereocenters. The zero-order chi connectivity index (χ0) is 13.1. The van der Waals surface area contributed by atoms with Gasteiger partial charge < -0.3 is 15.5 Å². The van der Waals surface area contributed by atoms with Gasteiger partial charge in [-0.3, -0.25) is 0 Å². The Kier molecular flexibility index (Phi) is 4.27. The Hall–Kier alpha value is -1.04. The van der Waals surface area contributed by atoms with Crippen molar-refractivity contribution in [3.63, 3.8) is 0 Å². The van der Waals surface area contributed by atoms with Crippen molar-refractivity contribution in [3.05, 3.63) is 35.4 Å². The highest BCUT2D eigenvalue weighted by atomic mass is 19.1. The summed E-state index contributed by atoms with van der Waals surface area (Å²) in [5, 5.41) is 22.2. The fraction of sp³-hybridized carbons (Fsp3) is 0.538. The molecule has 1 saturated carbocycles. The second-order valence-corrected chi connectivity index (χ2v) is 4.74. The van der Waals surface area contributed by atoms with E-state index in [1.165, 1.54) is 0 Å². The number of aliphatic hydroxyl groups excluding tert-OH is 2. The summed E-state index contributed by atoms with van der Waals surface area (Å²) in [7, 11) is 0. The zero-order valence-electron chi connectivity index (χ0n) is 9.94.